The van der Waals surface area contributed by atoms with E-state index in [-0.39, 0.29) is 9.70 Å². The molecule has 0 aromatic rings. The van der Waals surface area contributed by atoms with Crippen molar-refractivity contribution in [3.63, 3.8) is 0 Å². The molecule has 0 aromatic carbocycles. The second-order valence-corrected chi connectivity index (χ2v) is 6.28. The summed E-state index contributed by atoms with van der Waals surface area (Å²) in [6, 6.07) is -0.455. The first-order valence-corrected chi connectivity index (χ1v) is 6.74. The standard InChI is InChI=1S/C10H19IN2O2S/c1-10(2,16)8(14)7(13-9(11)15)5-3-4-6-12/h7,16H,3-6,12H2,1-2H3,(H,13,15). The molecule has 16 heavy (non-hydrogen) atoms. The minimum Gasteiger partial charge on any atom is -0.338 e. The summed E-state index contributed by atoms with van der Waals surface area (Å²) < 4.78 is -0.951. The van der Waals surface area contributed by atoms with Crippen LogP contribution in [0.5, 0.6) is 0 Å². The predicted octanol–water partition coefficient (Wildman–Crippen LogP) is 1.91. The average molecular weight is 358 g/mol. The smallest absolute Gasteiger partial charge is 0.281 e. The minimum absolute atomic E-state index is 0.0575. The van der Waals surface area contributed by atoms with Gasteiger partial charge in [0.15, 0.2) is 5.78 Å². The van der Waals surface area contributed by atoms with Crippen LogP contribution in [0.1, 0.15) is 33.1 Å². The molecule has 0 heterocycles. The fraction of sp³-hybridized carbons (Fsp3) is 0.800. The van der Waals surface area contributed by atoms with Crippen LogP contribution in [-0.4, -0.2) is 27.0 Å². The number of carbonyl (C=O) groups excluding carboxylic acids is 2. The van der Waals surface area contributed by atoms with E-state index in [0.717, 1.165) is 12.8 Å². The van der Waals surface area contributed by atoms with Gasteiger partial charge in [0, 0.05) is 22.6 Å². The molecule has 0 fully saturated rings. The number of Topliss-reactive ketones (excluding diaryl/α,β-unsaturated/α-hetero) is 1. The van der Waals surface area contributed by atoms with Crippen LogP contribution in [0, 0.1) is 0 Å². The van der Waals surface area contributed by atoms with Gasteiger partial charge in [-0.2, -0.15) is 12.6 Å². The number of hydrogen-bond acceptors (Lipinski definition) is 4. The number of ketones is 1. The molecule has 0 aliphatic carbocycles. The van der Waals surface area contributed by atoms with Crippen LogP contribution >= 0.6 is 35.2 Å². The summed E-state index contributed by atoms with van der Waals surface area (Å²) in [5.74, 6) is -0.0575. The highest BCUT2D eigenvalue weighted by molar-refractivity contribution is 14.1. The first-order valence-electron chi connectivity index (χ1n) is 5.21. The number of halogens is 1. The number of thiol groups is 1. The molecule has 3 N–H and O–H groups in total. The van der Waals surface area contributed by atoms with Crippen LogP contribution in [0.15, 0.2) is 0 Å². The molecule has 0 spiro atoms. The van der Waals surface area contributed by atoms with E-state index in [4.69, 9.17) is 5.73 Å². The van der Waals surface area contributed by atoms with Gasteiger partial charge in [-0.25, -0.2) is 0 Å². The van der Waals surface area contributed by atoms with Crippen molar-refractivity contribution in [2.24, 2.45) is 5.73 Å². The molecule has 4 nitrogen and oxygen atoms in total. The third kappa shape index (κ3) is 6.70. The molecule has 1 atom stereocenters. The highest BCUT2D eigenvalue weighted by Crippen LogP contribution is 2.18. The van der Waals surface area contributed by atoms with Gasteiger partial charge in [-0.15, -0.1) is 0 Å². The molecule has 0 saturated carbocycles. The third-order valence-corrected chi connectivity index (χ3v) is 2.69. The van der Waals surface area contributed by atoms with Crippen LogP contribution in [0.25, 0.3) is 0 Å². The SMILES string of the molecule is CC(C)(S)C(=O)C(CCCCN)NC(=O)I. The van der Waals surface area contributed by atoms with Crippen LogP contribution in [-0.2, 0) is 4.79 Å². The number of nitrogens with two attached hydrogens (primary N) is 1. The van der Waals surface area contributed by atoms with Crippen LogP contribution in [0.4, 0.5) is 4.79 Å². The van der Waals surface area contributed by atoms with E-state index >= 15 is 0 Å². The Morgan fingerprint density at radius 1 is 1.44 bits per heavy atom. The molecule has 94 valence electrons. The summed E-state index contributed by atoms with van der Waals surface area (Å²) >= 11 is 5.86. The number of carbonyl (C=O) groups is 2. The molecule has 0 aliphatic rings. The Hall–Kier alpha value is 0.180. The van der Waals surface area contributed by atoms with Crippen molar-refractivity contribution in [1.29, 1.82) is 0 Å². The molecule has 0 aromatic heterocycles. The molecule has 0 rings (SSSR count). The first kappa shape index (κ1) is 16.2. The van der Waals surface area contributed by atoms with Gasteiger partial charge in [0.1, 0.15) is 0 Å². The summed E-state index contributed by atoms with van der Waals surface area (Å²) in [6.45, 7) is 4.06. The zero-order valence-corrected chi connectivity index (χ0v) is 12.7. The number of hydrogen-bond donors (Lipinski definition) is 3. The van der Waals surface area contributed by atoms with Crippen molar-refractivity contribution in [2.75, 3.05) is 6.54 Å². The first-order chi connectivity index (χ1) is 7.29. The lowest BCUT2D eigenvalue weighted by Crippen LogP contribution is -2.45. The molecule has 0 radical (unpaired) electrons. The lowest BCUT2D eigenvalue weighted by molar-refractivity contribution is -0.122. The molecular formula is C10H19IN2O2S. The molecule has 1 amide bonds. The molecular weight excluding hydrogens is 339 g/mol. The Kier molecular flexibility index (Phi) is 7.58. The van der Waals surface area contributed by atoms with Crippen molar-refractivity contribution in [3.8, 4) is 0 Å². The maximum Gasteiger partial charge on any atom is 0.281 e. The minimum atomic E-state index is -0.730. The van der Waals surface area contributed by atoms with Crippen molar-refractivity contribution in [2.45, 2.75) is 43.9 Å². The third-order valence-electron chi connectivity index (χ3n) is 2.15. The van der Waals surface area contributed by atoms with E-state index < -0.39 is 10.8 Å². The summed E-state index contributed by atoms with van der Waals surface area (Å²) in [7, 11) is 0. The number of rotatable bonds is 7. The molecule has 1 unspecified atom stereocenters. The van der Waals surface area contributed by atoms with Crippen LogP contribution in [0.3, 0.4) is 0 Å². The Balaban J connectivity index is 4.42. The maximum atomic E-state index is 12.0. The predicted molar refractivity (Wildman–Crippen MR) is 77.3 cm³/mol. The van der Waals surface area contributed by atoms with Crippen LogP contribution < -0.4 is 11.1 Å². The van der Waals surface area contributed by atoms with E-state index in [2.05, 4.69) is 17.9 Å². The summed E-state index contributed by atoms with van der Waals surface area (Å²) in [5.41, 5.74) is 5.39. The summed E-state index contributed by atoms with van der Waals surface area (Å²) in [4.78, 5) is 23.0. The van der Waals surface area contributed by atoms with Crippen molar-refractivity contribution in [1.82, 2.24) is 5.32 Å². The van der Waals surface area contributed by atoms with Gasteiger partial charge in [-0.1, -0.05) is 0 Å². The monoisotopic (exact) mass is 358 g/mol. The molecule has 0 bridgehead atoms. The maximum absolute atomic E-state index is 12.0. The van der Waals surface area contributed by atoms with Gasteiger partial charge in [-0.05, 0) is 39.7 Å². The summed E-state index contributed by atoms with van der Waals surface area (Å²) in [5, 5.41) is 2.65. The van der Waals surface area contributed by atoms with Crippen molar-refractivity contribution in [3.05, 3.63) is 0 Å². The quantitative estimate of drug-likeness (QED) is 0.214. The van der Waals surface area contributed by atoms with Crippen molar-refractivity contribution < 1.29 is 9.59 Å². The summed E-state index contributed by atoms with van der Waals surface area (Å²) in [6.07, 6.45) is 2.30. The average Bonchev–Trinajstić information content (AvgIpc) is 2.13. The van der Waals surface area contributed by atoms with Gasteiger partial charge in [0.2, 0.25) is 0 Å². The van der Waals surface area contributed by atoms with Crippen molar-refractivity contribution >= 4 is 44.9 Å². The fourth-order valence-electron chi connectivity index (χ4n) is 1.32. The highest BCUT2D eigenvalue weighted by Gasteiger charge is 2.30. The zero-order valence-electron chi connectivity index (χ0n) is 9.62. The second kappa shape index (κ2) is 7.50. The molecule has 0 aliphatic heterocycles. The fourth-order valence-corrected chi connectivity index (χ4v) is 1.86. The number of unbranched alkanes of at least 4 members (excludes halogenated alkanes) is 1. The van der Waals surface area contributed by atoms with E-state index in [9.17, 15) is 9.59 Å². The van der Waals surface area contributed by atoms with E-state index in [1.165, 1.54) is 0 Å². The number of amides is 1. The zero-order chi connectivity index (χ0) is 12.8. The topological polar surface area (TPSA) is 72.2 Å². The number of nitrogens with one attached hydrogen (secondary N) is 1. The Morgan fingerprint density at radius 3 is 2.38 bits per heavy atom. The van der Waals surface area contributed by atoms with E-state index in [1.54, 1.807) is 36.4 Å². The second-order valence-electron chi connectivity index (χ2n) is 4.18. The largest absolute Gasteiger partial charge is 0.338 e. The van der Waals surface area contributed by atoms with Crippen LogP contribution in [0.2, 0.25) is 0 Å². The van der Waals surface area contributed by atoms with Gasteiger partial charge in [0.25, 0.3) is 3.91 Å². The van der Waals surface area contributed by atoms with Gasteiger partial charge in [0.05, 0.1) is 10.8 Å². The van der Waals surface area contributed by atoms with E-state index in [1.807, 2.05) is 0 Å². The lowest BCUT2D eigenvalue weighted by atomic mass is 9.96. The Labute approximate surface area is 116 Å². The van der Waals surface area contributed by atoms with Gasteiger partial charge >= 0.3 is 0 Å². The normalized spacial score (nSPS) is 13.3. The van der Waals surface area contributed by atoms with Gasteiger partial charge in [-0.3, -0.25) is 9.59 Å². The van der Waals surface area contributed by atoms with Gasteiger partial charge < -0.3 is 11.1 Å². The Morgan fingerprint density at radius 2 is 2.00 bits per heavy atom. The highest BCUT2D eigenvalue weighted by atomic mass is 127. The molecule has 6 heteroatoms. The van der Waals surface area contributed by atoms with E-state index in [0.29, 0.717) is 13.0 Å². The lowest BCUT2D eigenvalue weighted by Gasteiger charge is -2.24. The molecule has 0 saturated heterocycles. The Bertz CT molecular complexity index is 254.